The minimum atomic E-state index is -3.11. The molecule has 0 saturated carbocycles. The number of nitrogens with one attached hydrogen (secondary N) is 1. The quantitative estimate of drug-likeness (QED) is 0.842. The molecular weight excluding hydrogens is 368 g/mol. The van der Waals surface area contributed by atoms with Gasteiger partial charge in [0.2, 0.25) is 10.0 Å². The third-order valence-electron chi connectivity index (χ3n) is 4.95. The highest BCUT2D eigenvalue weighted by Gasteiger charge is 2.27. The summed E-state index contributed by atoms with van der Waals surface area (Å²) in [5, 5.41) is 4.45. The van der Waals surface area contributed by atoms with Crippen molar-refractivity contribution in [3.05, 3.63) is 70.2 Å². The first-order valence-corrected chi connectivity index (χ1v) is 11.1. The highest BCUT2D eigenvalue weighted by atomic mass is 35.5. The van der Waals surface area contributed by atoms with E-state index in [0.717, 1.165) is 29.0 Å². The van der Waals surface area contributed by atoms with E-state index in [4.69, 9.17) is 11.6 Å². The molecule has 1 fully saturated rings. The lowest BCUT2D eigenvalue weighted by atomic mass is 9.95. The summed E-state index contributed by atoms with van der Waals surface area (Å²) in [6.45, 7) is 3.18. The zero-order valence-electron chi connectivity index (χ0n) is 15.2. The Morgan fingerprint density at radius 3 is 2.27 bits per heavy atom. The molecular formula is C20H25ClN2O2S. The number of aryl methyl sites for hydroxylation is 1. The van der Waals surface area contributed by atoms with Crippen molar-refractivity contribution < 1.29 is 8.42 Å². The molecule has 2 aromatic carbocycles. The normalized spacial score (nSPS) is 18.0. The average molecular weight is 393 g/mol. The van der Waals surface area contributed by atoms with Gasteiger partial charge in [-0.3, -0.25) is 0 Å². The van der Waals surface area contributed by atoms with Gasteiger partial charge in [0.1, 0.15) is 0 Å². The Labute approximate surface area is 161 Å². The molecule has 140 valence electrons. The van der Waals surface area contributed by atoms with Crippen LogP contribution in [-0.4, -0.2) is 38.1 Å². The molecule has 0 aliphatic carbocycles. The summed E-state index contributed by atoms with van der Waals surface area (Å²) in [6, 6.07) is 16.6. The van der Waals surface area contributed by atoms with Crippen LogP contribution < -0.4 is 5.32 Å². The third kappa shape index (κ3) is 4.65. The molecule has 1 heterocycles. The van der Waals surface area contributed by atoms with Crippen molar-refractivity contribution in [2.75, 3.05) is 19.3 Å². The molecule has 0 aromatic heterocycles. The molecule has 1 aliphatic rings. The van der Waals surface area contributed by atoms with Gasteiger partial charge in [-0.25, -0.2) is 12.7 Å². The van der Waals surface area contributed by atoms with Crippen molar-refractivity contribution in [2.24, 2.45) is 0 Å². The van der Waals surface area contributed by atoms with E-state index < -0.39 is 10.0 Å². The zero-order valence-corrected chi connectivity index (χ0v) is 16.7. The van der Waals surface area contributed by atoms with E-state index in [1.54, 1.807) is 4.31 Å². The maximum Gasteiger partial charge on any atom is 0.211 e. The predicted octanol–water partition coefficient (Wildman–Crippen LogP) is 3.75. The summed E-state index contributed by atoms with van der Waals surface area (Å²) in [5.74, 6) is 0. The fraction of sp³-hybridized carbons (Fsp3) is 0.400. The van der Waals surface area contributed by atoms with Crippen LogP contribution in [0.5, 0.6) is 0 Å². The Bertz CT molecular complexity index is 844. The molecule has 1 atom stereocenters. The van der Waals surface area contributed by atoms with Crippen LogP contribution in [0.25, 0.3) is 0 Å². The molecule has 3 rings (SSSR count). The molecule has 4 nitrogen and oxygen atoms in total. The maximum absolute atomic E-state index is 11.7. The Morgan fingerprint density at radius 2 is 1.69 bits per heavy atom. The molecule has 1 aliphatic heterocycles. The Hall–Kier alpha value is -1.40. The van der Waals surface area contributed by atoms with Crippen LogP contribution in [0.4, 0.5) is 0 Å². The van der Waals surface area contributed by atoms with Crippen LogP contribution in [-0.2, 0) is 10.0 Å². The zero-order chi connectivity index (χ0) is 18.7. The first kappa shape index (κ1) is 19.4. The molecule has 0 radical (unpaired) electrons. The van der Waals surface area contributed by atoms with Crippen LogP contribution >= 0.6 is 11.6 Å². The van der Waals surface area contributed by atoms with Crippen molar-refractivity contribution in [1.29, 1.82) is 0 Å². The largest absolute Gasteiger partial charge is 0.303 e. The van der Waals surface area contributed by atoms with Gasteiger partial charge in [-0.05, 0) is 37.0 Å². The highest BCUT2D eigenvalue weighted by Crippen LogP contribution is 2.30. The molecule has 26 heavy (non-hydrogen) atoms. The topological polar surface area (TPSA) is 49.4 Å². The van der Waals surface area contributed by atoms with Crippen molar-refractivity contribution in [1.82, 2.24) is 9.62 Å². The number of benzene rings is 2. The Morgan fingerprint density at radius 1 is 1.08 bits per heavy atom. The molecule has 2 aromatic rings. The minimum Gasteiger partial charge on any atom is -0.303 e. The fourth-order valence-corrected chi connectivity index (χ4v) is 4.54. The number of piperidine rings is 1. The molecule has 0 spiro atoms. The van der Waals surface area contributed by atoms with E-state index >= 15 is 0 Å². The van der Waals surface area contributed by atoms with Crippen molar-refractivity contribution in [3.63, 3.8) is 0 Å². The predicted molar refractivity (Wildman–Crippen MR) is 107 cm³/mol. The van der Waals surface area contributed by atoms with Crippen LogP contribution in [0.15, 0.2) is 48.5 Å². The molecule has 1 unspecified atom stereocenters. The number of rotatable bonds is 5. The van der Waals surface area contributed by atoms with Crippen molar-refractivity contribution in [3.8, 4) is 0 Å². The second-order valence-electron chi connectivity index (χ2n) is 6.97. The van der Waals surface area contributed by atoms with E-state index in [2.05, 4.69) is 36.5 Å². The fourth-order valence-electron chi connectivity index (χ4n) is 3.42. The number of nitrogens with zero attached hydrogens (tertiary/aromatic N) is 1. The second-order valence-corrected chi connectivity index (χ2v) is 9.36. The summed E-state index contributed by atoms with van der Waals surface area (Å²) < 4.78 is 25.0. The molecule has 0 bridgehead atoms. The van der Waals surface area contributed by atoms with E-state index in [1.165, 1.54) is 11.8 Å². The lowest BCUT2D eigenvalue weighted by Gasteiger charge is -2.34. The number of hydrogen-bond donors (Lipinski definition) is 1. The van der Waals surface area contributed by atoms with E-state index in [0.29, 0.717) is 13.1 Å². The van der Waals surface area contributed by atoms with Gasteiger partial charge in [0.25, 0.3) is 0 Å². The first-order valence-electron chi connectivity index (χ1n) is 8.87. The van der Waals surface area contributed by atoms with Gasteiger partial charge in [0.15, 0.2) is 0 Å². The van der Waals surface area contributed by atoms with E-state index in [9.17, 15) is 8.42 Å². The number of sulfonamides is 1. The van der Waals surface area contributed by atoms with Crippen LogP contribution in [0, 0.1) is 6.92 Å². The average Bonchev–Trinajstić information content (AvgIpc) is 2.61. The minimum absolute atomic E-state index is 0.0147. The van der Waals surface area contributed by atoms with E-state index in [-0.39, 0.29) is 12.1 Å². The maximum atomic E-state index is 11.7. The van der Waals surface area contributed by atoms with Crippen molar-refractivity contribution in [2.45, 2.75) is 31.8 Å². The second kappa shape index (κ2) is 8.09. The van der Waals surface area contributed by atoms with E-state index in [1.807, 2.05) is 24.3 Å². The number of halogens is 1. The van der Waals surface area contributed by atoms with Gasteiger partial charge in [0.05, 0.1) is 12.3 Å². The van der Waals surface area contributed by atoms with Gasteiger partial charge >= 0.3 is 0 Å². The van der Waals surface area contributed by atoms with Gasteiger partial charge in [-0.1, -0.05) is 59.6 Å². The summed E-state index contributed by atoms with van der Waals surface area (Å²) in [6.07, 6.45) is 2.86. The van der Waals surface area contributed by atoms with Crippen LogP contribution in [0.3, 0.4) is 0 Å². The summed E-state index contributed by atoms with van der Waals surface area (Å²) >= 11 is 6.47. The lowest BCUT2D eigenvalue weighted by molar-refractivity contribution is 0.282. The standard InChI is InChI=1S/C20H25ClN2O2S/c1-15-7-9-16(10-8-15)20(18-5-3-4-6-19(18)21)22-17-11-13-23(14-12-17)26(2,24)25/h3-10,17,20,22H,11-14H2,1-2H3. The van der Waals surface area contributed by atoms with Crippen LogP contribution in [0.1, 0.15) is 35.6 Å². The molecule has 1 saturated heterocycles. The van der Waals surface area contributed by atoms with Gasteiger partial charge in [-0.2, -0.15) is 0 Å². The first-order chi connectivity index (χ1) is 12.3. The Kier molecular flexibility index (Phi) is 6.03. The van der Waals surface area contributed by atoms with Crippen LogP contribution in [0.2, 0.25) is 5.02 Å². The van der Waals surface area contributed by atoms with Gasteiger partial charge in [-0.15, -0.1) is 0 Å². The van der Waals surface area contributed by atoms with Crippen molar-refractivity contribution >= 4 is 21.6 Å². The SMILES string of the molecule is Cc1ccc(C(NC2CCN(S(C)(=O)=O)CC2)c2ccccc2Cl)cc1. The summed E-state index contributed by atoms with van der Waals surface area (Å²) in [4.78, 5) is 0. The summed E-state index contributed by atoms with van der Waals surface area (Å²) in [5.41, 5.74) is 3.42. The molecule has 6 heteroatoms. The summed E-state index contributed by atoms with van der Waals surface area (Å²) in [7, 11) is -3.11. The molecule has 0 amide bonds. The van der Waals surface area contributed by atoms with Gasteiger partial charge in [0, 0.05) is 24.2 Å². The lowest BCUT2D eigenvalue weighted by Crippen LogP contribution is -2.45. The monoisotopic (exact) mass is 392 g/mol. The Balaban J connectivity index is 1.81. The smallest absolute Gasteiger partial charge is 0.211 e. The number of hydrogen-bond acceptors (Lipinski definition) is 3. The van der Waals surface area contributed by atoms with Gasteiger partial charge < -0.3 is 5.32 Å². The highest BCUT2D eigenvalue weighted by molar-refractivity contribution is 7.88. The third-order valence-corrected chi connectivity index (χ3v) is 6.60. The molecule has 1 N–H and O–H groups in total.